The third kappa shape index (κ3) is 1.04. The number of carboxylic acid groups (broad SMARTS) is 1. The van der Waals surface area contributed by atoms with Gasteiger partial charge in [0.2, 0.25) is 5.91 Å². The van der Waals surface area contributed by atoms with E-state index >= 15 is 0 Å². The Hall–Kier alpha value is -1.43. The number of rotatable bonds is 2. The number of aliphatic carboxylic acids is 1. The lowest BCUT2D eigenvalue weighted by Gasteiger charge is -2.36. The van der Waals surface area contributed by atoms with Crippen molar-refractivity contribution in [3.8, 4) is 0 Å². The predicted molar refractivity (Wildman–Crippen MR) is 45.7 cm³/mol. The van der Waals surface area contributed by atoms with Gasteiger partial charge in [0.15, 0.2) is 5.41 Å². The second kappa shape index (κ2) is 2.78. The van der Waals surface area contributed by atoms with Crippen molar-refractivity contribution in [3.05, 3.63) is 0 Å². The fourth-order valence-corrected chi connectivity index (χ4v) is 1.51. The Balaban J connectivity index is 2.26. The number of hydrogen-bond acceptors (Lipinski definition) is 4. The summed E-state index contributed by atoms with van der Waals surface area (Å²) in [6, 6.07) is 0. The van der Waals surface area contributed by atoms with E-state index in [0.717, 1.165) is 0 Å². The average molecular weight is 198 g/mol. The van der Waals surface area contributed by atoms with Crippen LogP contribution in [-0.4, -0.2) is 48.0 Å². The molecular formula is C8H10N2O4. The van der Waals surface area contributed by atoms with Crippen LogP contribution in [0.15, 0.2) is 5.10 Å². The first-order chi connectivity index (χ1) is 6.56. The van der Waals surface area contributed by atoms with Gasteiger partial charge in [-0.1, -0.05) is 0 Å². The molecule has 0 bridgehead atoms. The Bertz CT molecular complexity index is 332. The second-order valence-electron chi connectivity index (χ2n) is 3.52. The zero-order valence-corrected chi connectivity index (χ0v) is 7.69. The van der Waals surface area contributed by atoms with Gasteiger partial charge < -0.3 is 9.84 Å². The van der Waals surface area contributed by atoms with Crippen LogP contribution in [0.1, 0.15) is 6.42 Å². The molecule has 0 saturated carbocycles. The summed E-state index contributed by atoms with van der Waals surface area (Å²) in [5.74, 6) is -1.14. The van der Waals surface area contributed by atoms with Crippen LogP contribution in [0.2, 0.25) is 0 Å². The number of hydrazone groups is 1. The molecule has 0 aromatic carbocycles. The summed E-state index contributed by atoms with van der Waals surface area (Å²) in [7, 11) is 1.52. The van der Waals surface area contributed by atoms with E-state index in [9.17, 15) is 9.59 Å². The molecule has 0 aromatic rings. The van der Waals surface area contributed by atoms with Gasteiger partial charge in [0.25, 0.3) is 0 Å². The van der Waals surface area contributed by atoms with Crippen molar-refractivity contribution in [1.29, 1.82) is 0 Å². The largest absolute Gasteiger partial charge is 0.480 e. The van der Waals surface area contributed by atoms with Gasteiger partial charge in [-0.25, -0.2) is 5.01 Å². The van der Waals surface area contributed by atoms with Gasteiger partial charge in [0.05, 0.1) is 25.3 Å². The molecule has 0 aromatic heterocycles. The number of carboxylic acids is 1. The first-order valence-corrected chi connectivity index (χ1v) is 4.22. The van der Waals surface area contributed by atoms with Crippen LogP contribution in [0.3, 0.4) is 0 Å². The van der Waals surface area contributed by atoms with E-state index in [0.29, 0.717) is 5.71 Å². The molecule has 2 aliphatic heterocycles. The van der Waals surface area contributed by atoms with Gasteiger partial charge in [0.1, 0.15) is 0 Å². The van der Waals surface area contributed by atoms with Crippen LogP contribution < -0.4 is 0 Å². The summed E-state index contributed by atoms with van der Waals surface area (Å²) in [5, 5.41) is 14.1. The van der Waals surface area contributed by atoms with E-state index in [4.69, 9.17) is 9.84 Å². The van der Waals surface area contributed by atoms with Crippen molar-refractivity contribution >= 4 is 17.6 Å². The summed E-state index contributed by atoms with van der Waals surface area (Å²) >= 11 is 0. The monoisotopic (exact) mass is 198 g/mol. The zero-order chi connectivity index (χ0) is 10.3. The Morgan fingerprint density at radius 2 is 2.29 bits per heavy atom. The Morgan fingerprint density at radius 3 is 2.57 bits per heavy atom. The number of ether oxygens (including phenoxy) is 1. The highest BCUT2D eigenvalue weighted by molar-refractivity contribution is 6.16. The van der Waals surface area contributed by atoms with Crippen molar-refractivity contribution in [2.24, 2.45) is 10.5 Å². The van der Waals surface area contributed by atoms with Gasteiger partial charge in [-0.2, -0.15) is 5.10 Å². The van der Waals surface area contributed by atoms with E-state index in [2.05, 4.69) is 5.10 Å². The van der Waals surface area contributed by atoms with Gasteiger partial charge in [-0.15, -0.1) is 0 Å². The first kappa shape index (κ1) is 9.14. The molecule has 0 spiro atoms. The maximum atomic E-state index is 11.2. The van der Waals surface area contributed by atoms with Gasteiger partial charge in [-0.05, 0) is 0 Å². The average Bonchev–Trinajstić information content (AvgIpc) is 2.28. The van der Waals surface area contributed by atoms with Crippen molar-refractivity contribution in [2.75, 3.05) is 20.3 Å². The van der Waals surface area contributed by atoms with Crippen LogP contribution in [0.4, 0.5) is 0 Å². The standard InChI is InChI=1S/C8H10N2O4/c1-10-6(11)2-5(9-10)8(7(12)13)3-14-4-8/h2-4H2,1H3,(H,12,13). The predicted octanol–water partition coefficient (Wildman–Crippen LogP) is -0.694. The van der Waals surface area contributed by atoms with E-state index in [1.165, 1.54) is 12.1 Å². The van der Waals surface area contributed by atoms with E-state index in [1.807, 2.05) is 0 Å². The van der Waals surface area contributed by atoms with E-state index in [-0.39, 0.29) is 25.5 Å². The summed E-state index contributed by atoms with van der Waals surface area (Å²) in [6.45, 7) is 0.227. The molecule has 76 valence electrons. The van der Waals surface area contributed by atoms with E-state index in [1.54, 1.807) is 0 Å². The highest BCUT2D eigenvalue weighted by Gasteiger charge is 2.53. The van der Waals surface area contributed by atoms with Crippen molar-refractivity contribution in [1.82, 2.24) is 5.01 Å². The molecule has 6 heteroatoms. The molecule has 14 heavy (non-hydrogen) atoms. The molecule has 1 N–H and O–H groups in total. The minimum atomic E-state index is -1.06. The minimum absolute atomic E-state index is 0.0894. The molecule has 0 radical (unpaired) electrons. The maximum absolute atomic E-state index is 11.2. The van der Waals surface area contributed by atoms with Crippen molar-refractivity contribution in [2.45, 2.75) is 6.42 Å². The molecule has 0 aliphatic carbocycles. The number of carbonyl (C=O) groups is 2. The smallest absolute Gasteiger partial charge is 0.320 e. The summed E-state index contributed by atoms with van der Waals surface area (Å²) in [5.41, 5.74) is -0.649. The molecule has 0 unspecified atom stereocenters. The lowest BCUT2D eigenvalue weighted by Crippen LogP contribution is -2.54. The normalized spacial score (nSPS) is 24.5. The van der Waals surface area contributed by atoms with E-state index < -0.39 is 11.4 Å². The Labute approximate surface area is 80.1 Å². The third-order valence-corrected chi connectivity index (χ3v) is 2.61. The minimum Gasteiger partial charge on any atom is -0.480 e. The highest BCUT2D eigenvalue weighted by atomic mass is 16.5. The Morgan fingerprint density at radius 1 is 1.64 bits per heavy atom. The molecule has 2 aliphatic rings. The fraction of sp³-hybridized carbons (Fsp3) is 0.625. The fourth-order valence-electron chi connectivity index (χ4n) is 1.51. The summed E-state index contributed by atoms with van der Waals surface area (Å²) in [4.78, 5) is 22.2. The van der Waals surface area contributed by atoms with Gasteiger partial charge in [-0.3, -0.25) is 9.59 Å². The SMILES string of the molecule is CN1N=C(C2(C(=O)O)COC2)CC1=O. The summed E-state index contributed by atoms with van der Waals surface area (Å²) < 4.78 is 4.89. The summed E-state index contributed by atoms with van der Waals surface area (Å²) in [6.07, 6.45) is 0.0894. The van der Waals surface area contributed by atoms with Crippen molar-refractivity contribution < 1.29 is 19.4 Å². The quantitative estimate of drug-likeness (QED) is 0.636. The van der Waals surface area contributed by atoms with Crippen LogP contribution in [0.25, 0.3) is 0 Å². The van der Waals surface area contributed by atoms with Gasteiger partial charge >= 0.3 is 5.97 Å². The molecular weight excluding hydrogens is 188 g/mol. The zero-order valence-electron chi connectivity index (χ0n) is 7.69. The number of hydrogen-bond donors (Lipinski definition) is 1. The molecule has 1 fully saturated rings. The van der Waals surface area contributed by atoms with Crippen LogP contribution in [0.5, 0.6) is 0 Å². The lowest BCUT2D eigenvalue weighted by molar-refractivity contribution is -0.165. The lowest BCUT2D eigenvalue weighted by atomic mass is 9.79. The number of amides is 1. The third-order valence-electron chi connectivity index (χ3n) is 2.61. The molecule has 1 saturated heterocycles. The molecule has 0 atom stereocenters. The number of nitrogens with zero attached hydrogens (tertiary/aromatic N) is 2. The molecule has 6 nitrogen and oxygen atoms in total. The highest BCUT2D eigenvalue weighted by Crippen LogP contribution is 2.33. The topological polar surface area (TPSA) is 79.2 Å². The first-order valence-electron chi connectivity index (χ1n) is 4.22. The van der Waals surface area contributed by atoms with Crippen LogP contribution in [-0.2, 0) is 14.3 Å². The van der Waals surface area contributed by atoms with Crippen LogP contribution >= 0.6 is 0 Å². The number of carbonyl (C=O) groups excluding carboxylic acids is 1. The molecule has 2 heterocycles. The van der Waals surface area contributed by atoms with Crippen LogP contribution in [0, 0.1) is 5.41 Å². The Kier molecular flexibility index (Phi) is 1.81. The molecule has 1 amide bonds. The molecule has 2 rings (SSSR count). The van der Waals surface area contributed by atoms with Crippen molar-refractivity contribution in [3.63, 3.8) is 0 Å². The second-order valence-corrected chi connectivity index (χ2v) is 3.52. The van der Waals surface area contributed by atoms with Gasteiger partial charge in [0, 0.05) is 7.05 Å². The maximum Gasteiger partial charge on any atom is 0.320 e.